The number of nitrogens with one attached hydrogen (secondary N) is 1. The number of H-pyrrole nitrogens is 1. The molecule has 2 aromatic carbocycles. The molecule has 3 nitrogen and oxygen atoms in total. The first-order valence-corrected chi connectivity index (χ1v) is 7.34. The summed E-state index contributed by atoms with van der Waals surface area (Å²) in [6.45, 7) is 4.33. The third-order valence-electron chi connectivity index (χ3n) is 3.94. The fourth-order valence-electron chi connectivity index (χ4n) is 2.78. The van der Waals surface area contributed by atoms with Crippen molar-refractivity contribution < 1.29 is 0 Å². The first-order chi connectivity index (χ1) is 10.2. The molecule has 0 bridgehead atoms. The van der Waals surface area contributed by atoms with Gasteiger partial charge in [-0.05, 0) is 36.1 Å². The largest absolute Gasteiger partial charge is 0.272 e. The molecular weight excluding hydrogens is 260 g/mol. The van der Waals surface area contributed by atoms with Crippen LogP contribution in [0.25, 0.3) is 22.0 Å². The second-order valence-electron chi connectivity index (χ2n) is 5.14. The van der Waals surface area contributed by atoms with Crippen LogP contribution in [0.15, 0.2) is 47.3 Å². The Morgan fingerprint density at radius 3 is 2.38 bits per heavy atom. The van der Waals surface area contributed by atoms with Gasteiger partial charge < -0.3 is 0 Å². The van der Waals surface area contributed by atoms with E-state index in [1.165, 1.54) is 11.1 Å². The Morgan fingerprint density at radius 2 is 1.67 bits per heavy atom. The van der Waals surface area contributed by atoms with E-state index in [1.54, 1.807) is 0 Å². The lowest BCUT2D eigenvalue weighted by atomic mass is 9.97. The van der Waals surface area contributed by atoms with Crippen LogP contribution >= 0.6 is 0 Å². The van der Waals surface area contributed by atoms with Crippen molar-refractivity contribution in [1.82, 2.24) is 10.2 Å². The number of aromatic amines is 1. The number of hydrogen-bond donors (Lipinski definition) is 1. The summed E-state index contributed by atoms with van der Waals surface area (Å²) < 4.78 is 0. The Morgan fingerprint density at radius 1 is 0.952 bits per heavy atom. The fraction of sp³-hybridized carbons (Fsp3) is 0.222. The van der Waals surface area contributed by atoms with Crippen molar-refractivity contribution in [2.75, 3.05) is 0 Å². The summed E-state index contributed by atoms with van der Waals surface area (Å²) in [6.07, 6.45) is 2.03. The maximum absolute atomic E-state index is 11.9. The van der Waals surface area contributed by atoms with Gasteiger partial charge in [0.2, 0.25) is 0 Å². The molecule has 0 saturated heterocycles. The van der Waals surface area contributed by atoms with Gasteiger partial charge in [0.1, 0.15) is 0 Å². The predicted molar refractivity (Wildman–Crippen MR) is 86.6 cm³/mol. The minimum Gasteiger partial charge on any atom is -0.267 e. The second-order valence-corrected chi connectivity index (χ2v) is 5.14. The van der Waals surface area contributed by atoms with E-state index in [-0.39, 0.29) is 5.56 Å². The fourth-order valence-corrected chi connectivity index (χ4v) is 2.78. The molecule has 0 radical (unpaired) electrons. The molecule has 0 spiro atoms. The number of benzene rings is 2. The number of hydrogen-bond acceptors (Lipinski definition) is 2. The van der Waals surface area contributed by atoms with Crippen LogP contribution in [0.4, 0.5) is 0 Å². The first-order valence-electron chi connectivity index (χ1n) is 7.34. The Kier molecular flexibility index (Phi) is 3.57. The molecule has 1 N–H and O–H groups in total. The van der Waals surface area contributed by atoms with Gasteiger partial charge in [0, 0.05) is 10.9 Å². The summed E-state index contributed by atoms with van der Waals surface area (Å²) in [6, 6.07) is 14.0. The zero-order chi connectivity index (χ0) is 14.8. The summed E-state index contributed by atoms with van der Waals surface area (Å²) >= 11 is 0. The van der Waals surface area contributed by atoms with Gasteiger partial charge in [-0.3, -0.25) is 4.79 Å². The van der Waals surface area contributed by atoms with Crippen LogP contribution < -0.4 is 5.56 Å². The molecule has 3 aromatic rings. The maximum Gasteiger partial charge on any atom is 0.272 e. The van der Waals surface area contributed by atoms with Gasteiger partial charge in [-0.2, -0.15) is 5.10 Å². The lowest BCUT2D eigenvalue weighted by Gasteiger charge is -2.10. The van der Waals surface area contributed by atoms with Crippen LogP contribution in [-0.2, 0) is 12.8 Å². The van der Waals surface area contributed by atoms with Crippen LogP contribution in [0, 0.1) is 0 Å². The molecule has 3 heteroatoms. The van der Waals surface area contributed by atoms with Gasteiger partial charge in [-0.25, -0.2) is 5.10 Å². The van der Waals surface area contributed by atoms with Crippen molar-refractivity contribution in [3.8, 4) is 11.3 Å². The minimum atomic E-state index is -0.143. The number of aryl methyl sites for hydroxylation is 2. The molecule has 21 heavy (non-hydrogen) atoms. The highest BCUT2D eigenvalue weighted by Crippen LogP contribution is 2.26. The number of nitrogens with zero attached hydrogens (tertiary/aromatic N) is 1. The van der Waals surface area contributed by atoms with Gasteiger partial charge in [0.15, 0.2) is 0 Å². The van der Waals surface area contributed by atoms with Crippen molar-refractivity contribution in [2.24, 2.45) is 0 Å². The summed E-state index contributed by atoms with van der Waals surface area (Å²) in [7, 11) is 0. The average Bonchev–Trinajstić information content (AvgIpc) is 2.55. The number of fused-ring (bicyclic) bond motifs is 1. The SMILES string of the molecule is CCc1ccc(-c2n[nH]c(=O)c3ccccc23)cc1CC. The quantitative estimate of drug-likeness (QED) is 0.793. The Bertz CT molecular complexity index is 849. The molecule has 0 fully saturated rings. The zero-order valence-corrected chi connectivity index (χ0v) is 12.3. The molecule has 0 amide bonds. The van der Waals surface area contributed by atoms with Crippen LogP contribution in [0.2, 0.25) is 0 Å². The van der Waals surface area contributed by atoms with Crippen molar-refractivity contribution in [3.05, 3.63) is 63.9 Å². The van der Waals surface area contributed by atoms with Gasteiger partial charge in [-0.1, -0.05) is 44.2 Å². The third-order valence-corrected chi connectivity index (χ3v) is 3.94. The monoisotopic (exact) mass is 278 g/mol. The van der Waals surface area contributed by atoms with E-state index < -0.39 is 0 Å². The van der Waals surface area contributed by atoms with E-state index in [0.717, 1.165) is 29.5 Å². The Labute approximate surface area is 123 Å². The van der Waals surface area contributed by atoms with E-state index in [1.807, 2.05) is 24.3 Å². The highest BCUT2D eigenvalue weighted by molar-refractivity contribution is 5.93. The lowest BCUT2D eigenvalue weighted by Crippen LogP contribution is -2.09. The molecule has 0 saturated carbocycles. The molecule has 106 valence electrons. The molecule has 0 atom stereocenters. The molecule has 0 aliphatic rings. The van der Waals surface area contributed by atoms with Crippen molar-refractivity contribution >= 4 is 10.8 Å². The number of aromatic nitrogens is 2. The van der Waals surface area contributed by atoms with Crippen LogP contribution in [0.1, 0.15) is 25.0 Å². The Hall–Kier alpha value is -2.42. The first kappa shape index (κ1) is 13.6. The van der Waals surface area contributed by atoms with Crippen LogP contribution in [0.3, 0.4) is 0 Å². The van der Waals surface area contributed by atoms with Gasteiger partial charge in [0.05, 0.1) is 11.1 Å². The standard InChI is InChI=1S/C18H18N2O/c1-3-12-9-10-14(11-13(12)4-2)17-15-7-5-6-8-16(15)18(21)20-19-17/h5-11H,3-4H2,1-2H3,(H,20,21). The van der Waals surface area contributed by atoms with Crippen molar-refractivity contribution in [3.63, 3.8) is 0 Å². The highest BCUT2D eigenvalue weighted by Gasteiger charge is 2.09. The molecular formula is C18H18N2O. The van der Waals surface area contributed by atoms with Crippen LogP contribution in [-0.4, -0.2) is 10.2 Å². The molecule has 1 heterocycles. The van der Waals surface area contributed by atoms with Crippen molar-refractivity contribution in [1.29, 1.82) is 0 Å². The zero-order valence-electron chi connectivity index (χ0n) is 12.3. The highest BCUT2D eigenvalue weighted by atomic mass is 16.1. The Balaban J connectivity index is 2.26. The summed E-state index contributed by atoms with van der Waals surface area (Å²) in [4.78, 5) is 11.9. The van der Waals surface area contributed by atoms with E-state index >= 15 is 0 Å². The molecule has 3 rings (SSSR count). The molecule has 1 aromatic heterocycles. The summed E-state index contributed by atoms with van der Waals surface area (Å²) in [5, 5.41) is 8.45. The smallest absolute Gasteiger partial charge is 0.267 e. The molecule has 0 unspecified atom stereocenters. The summed E-state index contributed by atoms with van der Waals surface area (Å²) in [5.41, 5.74) is 4.45. The minimum absolute atomic E-state index is 0.143. The van der Waals surface area contributed by atoms with Crippen LogP contribution in [0.5, 0.6) is 0 Å². The van der Waals surface area contributed by atoms with E-state index in [2.05, 4.69) is 42.2 Å². The topological polar surface area (TPSA) is 45.8 Å². The third kappa shape index (κ3) is 2.35. The second kappa shape index (κ2) is 5.52. The van der Waals surface area contributed by atoms with Gasteiger partial charge >= 0.3 is 0 Å². The lowest BCUT2D eigenvalue weighted by molar-refractivity contribution is 1.01. The molecule has 0 aliphatic carbocycles. The van der Waals surface area contributed by atoms with Gasteiger partial charge in [0.25, 0.3) is 5.56 Å². The average molecular weight is 278 g/mol. The van der Waals surface area contributed by atoms with Gasteiger partial charge in [-0.15, -0.1) is 0 Å². The number of rotatable bonds is 3. The normalized spacial score (nSPS) is 11.0. The van der Waals surface area contributed by atoms with E-state index in [0.29, 0.717) is 5.39 Å². The molecule has 0 aliphatic heterocycles. The van der Waals surface area contributed by atoms with E-state index in [9.17, 15) is 4.79 Å². The maximum atomic E-state index is 11.9. The van der Waals surface area contributed by atoms with E-state index in [4.69, 9.17) is 0 Å². The van der Waals surface area contributed by atoms with Crippen molar-refractivity contribution in [2.45, 2.75) is 26.7 Å². The predicted octanol–water partition coefficient (Wildman–Crippen LogP) is 3.71. The summed E-state index contributed by atoms with van der Waals surface area (Å²) in [5.74, 6) is 0.